The van der Waals surface area contributed by atoms with Gasteiger partial charge in [0.2, 0.25) is 5.91 Å². The molecule has 30 heavy (non-hydrogen) atoms. The van der Waals surface area contributed by atoms with E-state index in [-0.39, 0.29) is 12.0 Å². The number of carbonyl (C=O) groups excluding carboxylic acids is 1. The first-order valence-electron chi connectivity index (χ1n) is 11.0. The van der Waals surface area contributed by atoms with Crippen molar-refractivity contribution < 1.29 is 4.79 Å². The van der Waals surface area contributed by atoms with Crippen molar-refractivity contribution in [3.8, 4) is 0 Å². The standard InChI is InChI=1S/C23H28N4OS2/c1-16-24-18(15-29-16)14-26-12-9-17(10-13-26)23(28)27-11-5-4-7-20(27)22-25-19-6-2-3-8-21(19)30-22/h2-3,6,8,15,17,20H,4-5,7,9-14H2,1H3. The third kappa shape index (κ3) is 4.15. The number of hydrogen-bond donors (Lipinski definition) is 0. The molecule has 2 aliphatic rings. The lowest BCUT2D eigenvalue weighted by molar-refractivity contribution is -0.141. The molecule has 1 unspecified atom stereocenters. The average Bonchev–Trinajstić information content (AvgIpc) is 3.39. The first kappa shape index (κ1) is 20.1. The van der Waals surface area contributed by atoms with Gasteiger partial charge in [-0.1, -0.05) is 12.1 Å². The number of benzene rings is 1. The molecule has 158 valence electrons. The maximum atomic E-state index is 13.5. The Morgan fingerprint density at radius 3 is 2.70 bits per heavy atom. The van der Waals surface area contributed by atoms with Gasteiger partial charge >= 0.3 is 0 Å². The van der Waals surface area contributed by atoms with E-state index in [9.17, 15) is 4.79 Å². The normalized spacial score (nSPS) is 21.4. The second-order valence-electron chi connectivity index (χ2n) is 8.47. The summed E-state index contributed by atoms with van der Waals surface area (Å²) in [6.07, 6.45) is 5.22. The number of hydrogen-bond acceptors (Lipinski definition) is 6. The van der Waals surface area contributed by atoms with Gasteiger partial charge in [-0.15, -0.1) is 22.7 Å². The second kappa shape index (κ2) is 8.73. The number of fused-ring (bicyclic) bond motifs is 1. The number of carbonyl (C=O) groups is 1. The largest absolute Gasteiger partial charge is 0.333 e. The highest BCUT2D eigenvalue weighted by atomic mass is 32.1. The first-order chi connectivity index (χ1) is 14.7. The number of amides is 1. The van der Waals surface area contributed by atoms with Crippen LogP contribution in [0.25, 0.3) is 10.2 Å². The Balaban J connectivity index is 1.25. The summed E-state index contributed by atoms with van der Waals surface area (Å²) in [5, 5.41) is 4.39. The molecule has 0 bridgehead atoms. The number of piperidine rings is 2. The highest BCUT2D eigenvalue weighted by molar-refractivity contribution is 7.18. The Bertz CT molecular complexity index is 988. The fourth-order valence-electron chi connectivity index (χ4n) is 4.77. The lowest BCUT2D eigenvalue weighted by atomic mass is 9.92. The second-order valence-corrected chi connectivity index (χ2v) is 10.6. The van der Waals surface area contributed by atoms with Crippen molar-refractivity contribution in [1.82, 2.24) is 19.8 Å². The maximum absolute atomic E-state index is 13.5. The minimum atomic E-state index is 0.147. The van der Waals surface area contributed by atoms with Gasteiger partial charge < -0.3 is 4.90 Å². The monoisotopic (exact) mass is 440 g/mol. The molecule has 0 N–H and O–H groups in total. The van der Waals surface area contributed by atoms with E-state index in [1.54, 1.807) is 22.7 Å². The fraction of sp³-hybridized carbons (Fsp3) is 0.522. The van der Waals surface area contributed by atoms with Crippen LogP contribution < -0.4 is 0 Å². The molecule has 2 fully saturated rings. The van der Waals surface area contributed by atoms with E-state index in [4.69, 9.17) is 4.98 Å². The van der Waals surface area contributed by atoms with Crippen LogP contribution in [0.3, 0.4) is 0 Å². The molecule has 5 rings (SSSR count). The van der Waals surface area contributed by atoms with Crippen LogP contribution in [-0.2, 0) is 11.3 Å². The van der Waals surface area contributed by atoms with Crippen molar-refractivity contribution in [2.45, 2.75) is 51.6 Å². The predicted molar refractivity (Wildman–Crippen MR) is 123 cm³/mol. The molecular formula is C23H28N4OS2. The number of nitrogens with zero attached hydrogens (tertiary/aromatic N) is 4. The predicted octanol–water partition coefficient (Wildman–Crippen LogP) is 5.03. The number of likely N-dealkylation sites (tertiary alicyclic amines) is 2. The van der Waals surface area contributed by atoms with Crippen LogP contribution in [0.2, 0.25) is 0 Å². The molecule has 1 atom stereocenters. The Hall–Kier alpha value is -1.83. The minimum absolute atomic E-state index is 0.147. The van der Waals surface area contributed by atoms with Crippen LogP contribution in [0, 0.1) is 12.8 Å². The Morgan fingerprint density at radius 1 is 1.10 bits per heavy atom. The summed E-state index contributed by atoms with van der Waals surface area (Å²) in [5.41, 5.74) is 2.22. The molecule has 0 spiro atoms. The first-order valence-corrected chi connectivity index (χ1v) is 12.7. The molecular weight excluding hydrogens is 412 g/mol. The average molecular weight is 441 g/mol. The number of aromatic nitrogens is 2. The molecule has 7 heteroatoms. The zero-order valence-electron chi connectivity index (χ0n) is 17.4. The zero-order valence-corrected chi connectivity index (χ0v) is 19.1. The Morgan fingerprint density at radius 2 is 1.93 bits per heavy atom. The molecule has 0 aliphatic carbocycles. The molecule has 3 aromatic rings. The van der Waals surface area contributed by atoms with Gasteiger partial charge in [-0.05, 0) is 64.3 Å². The van der Waals surface area contributed by atoms with Crippen LogP contribution >= 0.6 is 22.7 Å². The third-order valence-electron chi connectivity index (χ3n) is 6.37. The van der Waals surface area contributed by atoms with Crippen molar-refractivity contribution in [1.29, 1.82) is 0 Å². The highest BCUT2D eigenvalue weighted by Gasteiger charge is 2.35. The van der Waals surface area contributed by atoms with Gasteiger partial charge in [-0.2, -0.15) is 0 Å². The lowest BCUT2D eigenvalue weighted by Gasteiger charge is -2.39. The molecule has 4 heterocycles. The van der Waals surface area contributed by atoms with E-state index in [0.717, 1.165) is 73.1 Å². The summed E-state index contributed by atoms with van der Waals surface area (Å²) in [4.78, 5) is 27.6. The number of aryl methyl sites for hydroxylation is 1. The van der Waals surface area contributed by atoms with E-state index >= 15 is 0 Å². The van der Waals surface area contributed by atoms with Gasteiger partial charge in [0.15, 0.2) is 0 Å². The summed E-state index contributed by atoms with van der Waals surface area (Å²) in [6.45, 7) is 5.79. The van der Waals surface area contributed by atoms with Crippen LogP contribution in [0.5, 0.6) is 0 Å². The molecule has 2 aromatic heterocycles. The smallest absolute Gasteiger partial charge is 0.226 e. The van der Waals surface area contributed by atoms with Crippen LogP contribution in [-0.4, -0.2) is 45.3 Å². The van der Waals surface area contributed by atoms with E-state index in [1.807, 2.05) is 6.07 Å². The van der Waals surface area contributed by atoms with Gasteiger partial charge in [-0.25, -0.2) is 9.97 Å². The van der Waals surface area contributed by atoms with Gasteiger partial charge in [0.1, 0.15) is 5.01 Å². The van der Waals surface area contributed by atoms with Crippen LogP contribution in [0.1, 0.15) is 53.9 Å². The summed E-state index contributed by atoms with van der Waals surface area (Å²) >= 11 is 3.47. The molecule has 2 aliphatic heterocycles. The van der Waals surface area contributed by atoms with Gasteiger partial charge in [-0.3, -0.25) is 9.69 Å². The molecule has 1 aromatic carbocycles. The zero-order chi connectivity index (χ0) is 20.5. The van der Waals surface area contributed by atoms with E-state index in [1.165, 1.54) is 11.1 Å². The SMILES string of the molecule is Cc1nc(CN2CCC(C(=O)N3CCCCC3c3nc4ccccc4s3)CC2)cs1. The Kier molecular flexibility index (Phi) is 5.85. The van der Waals surface area contributed by atoms with E-state index < -0.39 is 0 Å². The van der Waals surface area contributed by atoms with Gasteiger partial charge in [0.25, 0.3) is 0 Å². The topological polar surface area (TPSA) is 49.3 Å². The molecule has 0 saturated carbocycles. The highest BCUT2D eigenvalue weighted by Crippen LogP contribution is 2.37. The number of para-hydroxylation sites is 1. The van der Waals surface area contributed by atoms with Crippen molar-refractivity contribution in [3.05, 3.63) is 45.4 Å². The number of rotatable bonds is 4. The fourth-order valence-corrected chi connectivity index (χ4v) is 6.49. The van der Waals surface area contributed by atoms with Gasteiger partial charge in [0, 0.05) is 24.4 Å². The van der Waals surface area contributed by atoms with Crippen molar-refractivity contribution in [3.63, 3.8) is 0 Å². The minimum Gasteiger partial charge on any atom is -0.333 e. The van der Waals surface area contributed by atoms with Crippen LogP contribution in [0.15, 0.2) is 29.6 Å². The molecule has 5 nitrogen and oxygen atoms in total. The van der Waals surface area contributed by atoms with Crippen molar-refractivity contribution in [2.75, 3.05) is 19.6 Å². The maximum Gasteiger partial charge on any atom is 0.226 e. The summed E-state index contributed by atoms with van der Waals surface area (Å²) < 4.78 is 1.22. The van der Waals surface area contributed by atoms with Crippen molar-refractivity contribution in [2.24, 2.45) is 5.92 Å². The summed E-state index contributed by atoms with van der Waals surface area (Å²) in [7, 11) is 0. The Labute approximate surface area is 185 Å². The molecule has 2 saturated heterocycles. The summed E-state index contributed by atoms with van der Waals surface area (Å²) in [6, 6.07) is 8.46. The van der Waals surface area contributed by atoms with E-state index in [0.29, 0.717) is 5.91 Å². The van der Waals surface area contributed by atoms with Crippen molar-refractivity contribution >= 4 is 38.8 Å². The molecule has 1 amide bonds. The lowest BCUT2D eigenvalue weighted by Crippen LogP contribution is -2.45. The summed E-state index contributed by atoms with van der Waals surface area (Å²) in [5.74, 6) is 0.497. The number of thiazole rings is 2. The van der Waals surface area contributed by atoms with Gasteiger partial charge in [0.05, 0.1) is 27.0 Å². The quantitative estimate of drug-likeness (QED) is 0.571. The van der Waals surface area contributed by atoms with Crippen LogP contribution in [0.4, 0.5) is 0 Å². The molecule has 0 radical (unpaired) electrons. The third-order valence-corrected chi connectivity index (χ3v) is 8.33. The van der Waals surface area contributed by atoms with E-state index in [2.05, 4.69) is 45.3 Å².